The van der Waals surface area contributed by atoms with E-state index in [0.717, 1.165) is 4.90 Å². The van der Waals surface area contributed by atoms with Crippen LogP contribution in [-0.2, 0) is 23.9 Å². The Hall–Kier alpha value is -3.60. The van der Waals surface area contributed by atoms with Crippen molar-refractivity contribution in [3.8, 4) is 0 Å². The van der Waals surface area contributed by atoms with Crippen molar-refractivity contribution in [2.75, 3.05) is 6.54 Å². The number of amidine groups is 1. The highest BCUT2D eigenvalue weighted by Crippen LogP contribution is 2.35. The van der Waals surface area contributed by atoms with Gasteiger partial charge >= 0.3 is 12.1 Å². The fraction of sp³-hybridized carbons (Fsp3) is 0.478. The van der Waals surface area contributed by atoms with Crippen molar-refractivity contribution in [1.82, 2.24) is 10.2 Å². The molecule has 2 amide bonds. The highest BCUT2D eigenvalue weighted by molar-refractivity contribution is 6.23. The lowest BCUT2D eigenvalue weighted by Gasteiger charge is -2.48. The number of nitrogens with two attached hydrogens (primary N) is 1. The third kappa shape index (κ3) is 6.04. The van der Waals surface area contributed by atoms with Gasteiger partial charge in [-0.25, -0.2) is 9.59 Å². The first-order valence-corrected chi connectivity index (χ1v) is 10.7. The molecule has 1 aromatic rings. The Morgan fingerprint density at radius 3 is 2.38 bits per heavy atom. The number of ketones is 1. The van der Waals surface area contributed by atoms with Crippen LogP contribution in [0.1, 0.15) is 50.9 Å². The van der Waals surface area contributed by atoms with Crippen LogP contribution >= 0.6 is 0 Å². The molecule has 1 fully saturated rings. The number of carbonyl (C=O) groups excluding carboxylic acids is 5. The third-order valence-electron chi connectivity index (χ3n) is 5.14. The molecule has 1 heterocycles. The van der Waals surface area contributed by atoms with Crippen LogP contribution in [0.25, 0.3) is 0 Å². The predicted octanol–water partition coefficient (Wildman–Crippen LogP) is 1.19. The number of esters is 1. The fourth-order valence-electron chi connectivity index (χ4n) is 3.75. The van der Waals surface area contributed by atoms with Gasteiger partial charge in [-0.2, -0.15) is 0 Å². The van der Waals surface area contributed by atoms with Gasteiger partial charge in [0.25, 0.3) is 0 Å². The zero-order valence-corrected chi connectivity index (χ0v) is 19.6. The van der Waals surface area contributed by atoms with E-state index in [1.807, 2.05) is 0 Å². The van der Waals surface area contributed by atoms with Crippen molar-refractivity contribution in [3.05, 3.63) is 35.9 Å². The number of hydrogen-bond acceptors (Lipinski definition) is 9. The molecule has 11 heteroatoms. The third-order valence-corrected chi connectivity index (χ3v) is 5.14. The van der Waals surface area contributed by atoms with Gasteiger partial charge in [0, 0.05) is 24.9 Å². The molecule has 1 aromatic carbocycles. The number of benzene rings is 1. The molecule has 0 aromatic heterocycles. The Labute approximate surface area is 197 Å². The highest BCUT2D eigenvalue weighted by atomic mass is 16.6. The average Bonchev–Trinajstić information content (AvgIpc) is 2.76. The molecule has 11 nitrogen and oxygen atoms in total. The zero-order chi connectivity index (χ0) is 25.7. The number of aldehydes is 1. The molecule has 0 saturated carbocycles. The van der Waals surface area contributed by atoms with Crippen molar-refractivity contribution in [2.45, 2.75) is 63.8 Å². The summed E-state index contributed by atoms with van der Waals surface area (Å²) in [7, 11) is 0. The Morgan fingerprint density at radius 2 is 1.85 bits per heavy atom. The van der Waals surface area contributed by atoms with E-state index in [-0.39, 0.29) is 31.2 Å². The lowest BCUT2D eigenvalue weighted by Crippen LogP contribution is -2.70. The molecular formula is C23H30N4O7. The number of Topliss-reactive ketones (excluding diaryl/α,β-unsaturated/α-hetero) is 1. The maximum Gasteiger partial charge on any atom is 0.413 e. The quantitative estimate of drug-likeness (QED) is 0.138. The number of likely N-dealkylation sites (tertiary alicyclic amines) is 1. The molecular weight excluding hydrogens is 444 g/mol. The van der Waals surface area contributed by atoms with Gasteiger partial charge < -0.3 is 20.1 Å². The second-order valence-corrected chi connectivity index (χ2v) is 9.01. The molecule has 0 radical (unpaired) electrons. The van der Waals surface area contributed by atoms with Crippen LogP contribution in [0, 0.1) is 5.41 Å². The Morgan fingerprint density at radius 1 is 1.24 bits per heavy atom. The molecule has 184 valence electrons. The number of piperidine rings is 1. The summed E-state index contributed by atoms with van der Waals surface area (Å²) in [6.07, 6.45) is -2.26. The smallest absolute Gasteiger partial charge is 0.413 e. The van der Waals surface area contributed by atoms with Gasteiger partial charge in [-0.05, 0) is 27.7 Å². The Bertz CT molecular complexity index is 971. The van der Waals surface area contributed by atoms with Gasteiger partial charge in [0.1, 0.15) is 17.5 Å². The van der Waals surface area contributed by atoms with E-state index in [9.17, 15) is 24.0 Å². The van der Waals surface area contributed by atoms with Crippen LogP contribution in [0.15, 0.2) is 30.3 Å². The number of nitrogens with zero attached hydrogens (tertiary/aromatic N) is 1. The van der Waals surface area contributed by atoms with Crippen LogP contribution < -0.4 is 11.1 Å². The van der Waals surface area contributed by atoms with Gasteiger partial charge in [-0.3, -0.25) is 25.1 Å². The maximum absolute atomic E-state index is 13.9. The molecule has 3 atom stereocenters. The fourth-order valence-corrected chi connectivity index (χ4v) is 3.75. The first-order chi connectivity index (χ1) is 15.8. The number of alkyl carbamates (subject to hydrolysis) is 1. The van der Waals surface area contributed by atoms with Crippen molar-refractivity contribution >= 4 is 35.9 Å². The molecule has 2 rings (SSSR count). The lowest BCUT2D eigenvalue weighted by molar-refractivity contribution is -0.157. The largest absolute Gasteiger partial charge is 0.457 e. The molecule has 1 aliphatic heterocycles. The van der Waals surface area contributed by atoms with E-state index in [0.29, 0.717) is 0 Å². The van der Waals surface area contributed by atoms with Gasteiger partial charge in [0.15, 0.2) is 11.3 Å². The van der Waals surface area contributed by atoms with Gasteiger partial charge in [0.05, 0.1) is 6.04 Å². The number of amides is 2. The van der Waals surface area contributed by atoms with Crippen molar-refractivity contribution in [3.63, 3.8) is 0 Å². The lowest BCUT2D eigenvalue weighted by atomic mass is 9.77. The molecule has 34 heavy (non-hydrogen) atoms. The SMILES string of the molecule is C[C@H](N)C(=O)N1CCC(OC(=O)C=O)CC1(C(=N)NC(=O)OC(C)(C)C)C(=O)c1ccccc1. The van der Waals surface area contributed by atoms with Crippen LogP contribution in [0.5, 0.6) is 0 Å². The summed E-state index contributed by atoms with van der Waals surface area (Å²) in [4.78, 5) is 63.1. The van der Waals surface area contributed by atoms with E-state index in [2.05, 4.69) is 5.32 Å². The molecule has 1 saturated heterocycles. The summed E-state index contributed by atoms with van der Waals surface area (Å²) in [6, 6.07) is 6.88. The van der Waals surface area contributed by atoms with Crippen LogP contribution in [0.2, 0.25) is 0 Å². The van der Waals surface area contributed by atoms with E-state index < -0.39 is 52.9 Å². The van der Waals surface area contributed by atoms with E-state index in [4.69, 9.17) is 20.6 Å². The summed E-state index contributed by atoms with van der Waals surface area (Å²) in [6.45, 7) is 6.20. The number of ether oxygens (including phenoxy) is 2. The monoisotopic (exact) mass is 474 g/mol. The highest BCUT2D eigenvalue weighted by Gasteiger charge is 2.55. The minimum atomic E-state index is -2.07. The second kappa shape index (κ2) is 10.6. The zero-order valence-electron chi connectivity index (χ0n) is 19.6. The van der Waals surface area contributed by atoms with E-state index in [1.54, 1.807) is 39.0 Å². The maximum atomic E-state index is 13.9. The number of hydrogen-bond donors (Lipinski definition) is 3. The summed E-state index contributed by atoms with van der Waals surface area (Å²) in [5.74, 6) is -3.11. The van der Waals surface area contributed by atoms with Gasteiger partial charge in [0.2, 0.25) is 12.2 Å². The minimum absolute atomic E-state index is 0.00947. The van der Waals surface area contributed by atoms with Crippen molar-refractivity contribution in [2.24, 2.45) is 5.73 Å². The Balaban J connectivity index is 2.62. The number of rotatable bonds is 6. The van der Waals surface area contributed by atoms with Gasteiger partial charge in [-0.1, -0.05) is 30.3 Å². The normalized spacial score (nSPS) is 21.1. The molecule has 4 N–H and O–H groups in total. The van der Waals surface area contributed by atoms with Crippen LogP contribution in [0.3, 0.4) is 0 Å². The number of nitrogens with one attached hydrogen (secondary N) is 2. The van der Waals surface area contributed by atoms with Crippen molar-refractivity contribution < 1.29 is 33.4 Å². The molecule has 0 aliphatic carbocycles. The second-order valence-electron chi connectivity index (χ2n) is 9.01. The summed E-state index contributed by atoms with van der Waals surface area (Å²) < 4.78 is 10.4. The average molecular weight is 475 g/mol. The van der Waals surface area contributed by atoms with Gasteiger partial charge in [-0.15, -0.1) is 0 Å². The molecule has 0 spiro atoms. The van der Waals surface area contributed by atoms with E-state index in [1.165, 1.54) is 19.1 Å². The predicted molar refractivity (Wildman–Crippen MR) is 121 cm³/mol. The van der Waals surface area contributed by atoms with Crippen LogP contribution in [-0.4, -0.2) is 70.6 Å². The standard InChI is InChI=1S/C23H30N4O7/c1-14(24)19(31)27-11-10-16(33-17(29)13-28)12-23(27,18(30)15-8-6-5-7-9-15)20(25)26-21(32)34-22(2,3)4/h5-9,13-14,16H,10-12,24H2,1-4H3,(H2,25,26,32)/t14-,16?,23?/m0/s1. The van der Waals surface area contributed by atoms with E-state index >= 15 is 0 Å². The molecule has 2 unspecified atom stereocenters. The summed E-state index contributed by atoms with van der Waals surface area (Å²) in [5, 5.41) is 11.0. The van der Waals surface area contributed by atoms with Crippen molar-refractivity contribution in [1.29, 1.82) is 5.41 Å². The first kappa shape index (κ1) is 26.7. The molecule has 0 bridgehead atoms. The first-order valence-electron chi connectivity index (χ1n) is 10.7. The minimum Gasteiger partial charge on any atom is -0.457 e. The summed E-state index contributed by atoms with van der Waals surface area (Å²) >= 11 is 0. The molecule has 1 aliphatic rings. The summed E-state index contributed by atoms with van der Waals surface area (Å²) in [5.41, 5.74) is 3.02. The number of carbonyl (C=O) groups is 5. The van der Waals surface area contributed by atoms with Crippen LogP contribution in [0.4, 0.5) is 4.79 Å². The Kier molecular flexibility index (Phi) is 8.27. The topological polar surface area (TPSA) is 169 Å².